The van der Waals surface area contributed by atoms with Gasteiger partial charge in [-0.25, -0.2) is 0 Å². The third-order valence-electron chi connectivity index (χ3n) is 4.24. The lowest BCUT2D eigenvalue weighted by Crippen LogP contribution is -2.18. The summed E-state index contributed by atoms with van der Waals surface area (Å²) in [6.45, 7) is 0.550. The minimum Gasteiger partial charge on any atom is -0.493 e. The van der Waals surface area contributed by atoms with Crippen molar-refractivity contribution in [2.24, 2.45) is 5.92 Å². The maximum Gasteiger partial charge on any atom is 0.226 e. The zero-order valence-corrected chi connectivity index (χ0v) is 14.6. The van der Waals surface area contributed by atoms with Gasteiger partial charge in [0.2, 0.25) is 11.0 Å². The molecule has 1 fully saturated rings. The zero-order chi connectivity index (χ0) is 16.6. The van der Waals surface area contributed by atoms with Gasteiger partial charge >= 0.3 is 0 Å². The van der Waals surface area contributed by atoms with Crippen molar-refractivity contribution in [3.63, 3.8) is 0 Å². The Labute approximate surface area is 146 Å². The molecule has 1 aromatic carbocycles. The molecule has 1 heterocycles. The van der Waals surface area contributed by atoms with Crippen molar-refractivity contribution in [1.29, 1.82) is 0 Å². The van der Waals surface area contributed by atoms with Crippen LogP contribution in [0.4, 0.5) is 5.13 Å². The molecule has 24 heavy (non-hydrogen) atoms. The molecule has 3 rings (SSSR count). The number of amides is 1. The highest BCUT2D eigenvalue weighted by atomic mass is 32.1. The van der Waals surface area contributed by atoms with Crippen LogP contribution in [0, 0.1) is 5.92 Å². The van der Waals surface area contributed by atoms with Gasteiger partial charge in [-0.05, 0) is 30.9 Å². The average molecular weight is 345 g/mol. The van der Waals surface area contributed by atoms with E-state index in [9.17, 15) is 4.79 Å². The van der Waals surface area contributed by atoms with Crippen LogP contribution in [0.5, 0.6) is 5.75 Å². The monoisotopic (exact) mass is 345 g/mol. The Morgan fingerprint density at radius 2 is 1.96 bits per heavy atom. The molecule has 1 N–H and O–H groups in total. The Hall–Kier alpha value is -1.95. The van der Waals surface area contributed by atoms with Gasteiger partial charge in [-0.15, -0.1) is 10.2 Å². The Morgan fingerprint density at radius 1 is 1.17 bits per heavy atom. The molecule has 1 aliphatic carbocycles. The van der Waals surface area contributed by atoms with Crippen molar-refractivity contribution < 1.29 is 9.53 Å². The lowest BCUT2D eigenvalue weighted by Gasteiger charge is -2.20. The smallest absolute Gasteiger partial charge is 0.226 e. The Bertz CT molecular complexity index is 639. The largest absolute Gasteiger partial charge is 0.493 e. The number of hydrogen-bond donors (Lipinski definition) is 1. The molecule has 0 spiro atoms. The number of nitrogens with one attached hydrogen (secondary N) is 1. The van der Waals surface area contributed by atoms with Crippen LogP contribution in [0.15, 0.2) is 30.3 Å². The maximum atomic E-state index is 12.1. The summed E-state index contributed by atoms with van der Waals surface area (Å²) in [6.07, 6.45) is 7.45. The molecule has 5 nitrogen and oxygen atoms in total. The fourth-order valence-electron chi connectivity index (χ4n) is 3.00. The van der Waals surface area contributed by atoms with Crippen molar-refractivity contribution in [2.45, 2.75) is 44.9 Å². The molecule has 1 saturated carbocycles. The van der Waals surface area contributed by atoms with Crippen molar-refractivity contribution in [2.75, 3.05) is 11.9 Å². The van der Waals surface area contributed by atoms with E-state index < -0.39 is 0 Å². The fraction of sp³-hybridized carbons (Fsp3) is 0.500. The number of carbonyl (C=O) groups is 1. The molecule has 0 aliphatic heterocycles. The molecular formula is C18H23N3O2S. The predicted octanol–water partition coefficient (Wildman–Crippen LogP) is 4.07. The number of benzene rings is 1. The highest BCUT2D eigenvalue weighted by Crippen LogP contribution is 2.27. The van der Waals surface area contributed by atoms with E-state index in [0.717, 1.165) is 10.8 Å². The minimum atomic E-state index is 0.0603. The first-order valence-corrected chi connectivity index (χ1v) is 9.41. The van der Waals surface area contributed by atoms with Crippen LogP contribution < -0.4 is 10.1 Å². The molecule has 2 aromatic rings. The maximum absolute atomic E-state index is 12.1. The molecule has 0 bridgehead atoms. The van der Waals surface area contributed by atoms with Crippen molar-refractivity contribution in [3.8, 4) is 5.75 Å². The van der Waals surface area contributed by atoms with Gasteiger partial charge < -0.3 is 10.1 Å². The molecule has 128 valence electrons. The lowest BCUT2D eigenvalue weighted by molar-refractivity contribution is -0.117. The Balaban J connectivity index is 1.40. The number of aromatic nitrogens is 2. The number of ether oxygens (including phenoxy) is 1. The Kier molecular flexibility index (Phi) is 6.18. The SMILES string of the molecule is O=C(CC1CCCCC1)Nc1nnc(CCOc2ccccc2)s1. The second-order valence-corrected chi connectivity index (χ2v) is 7.23. The molecule has 0 saturated heterocycles. The summed E-state index contributed by atoms with van der Waals surface area (Å²) in [6, 6.07) is 9.70. The van der Waals surface area contributed by atoms with E-state index in [0.29, 0.717) is 30.5 Å². The van der Waals surface area contributed by atoms with Gasteiger partial charge in [-0.1, -0.05) is 48.8 Å². The van der Waals surface area contributed by atoms with Gasteiger partial charge in [0.1, 0.15) is 10.8 Å². The van der Waals surface area contributed by atoms with Crippen molar-refractivity contribution in [3.05, 3.63) is 35.3 Å². The molecule has 6 heteroatoms. The molecule has 0 atom stereocenters. The highest BCUT2D eigenvalue weighted by Gasteiger charge is 2.18. The minimum absolute atomic E-state index is 0.0603. The molecule has 1 aliphatic rings. The summed E-state index contributed by atoms with van der Waals surface area (Å²) >= 11 is 1.42. The summed E-state index contributed by atoms with van der Waals surface area (Å²) in [5, 5.41) is 12.5. The third-order valence-corrected chi connectivity index (χ3v) is 5.14. The number of carbonyl (C=O) groups excluding carboxylic acids is 1. The number of anilines is 1. The highest BCUT2D eigenvalue weighted by molar-refractivity contribution is 7.15. The Morgan fingerprint density at radius 3 is 2.75 bits per heavy atom. The van der Waals surface area contributed by atoms with Crippen molar-refractivity contribution >= 4 is 22.4 Å². The molecule has 1 aromatic heterocycles. The number of rotatable bonds is 7. The van der Waals surface area contributed by atoms with Crippen molar-refractivity contribution in [1.82, 2.24) is 10.2 Å². The van der Waals surface area contributed by atoms with E-state index in [-0.39, 0.29) is 5.91 Å². The summed E-state index contributed by atoms with van der Waals surface area (Å²) in [7, 11) is 0. The predicted molar refractivity (Wildman–Crippen MR) is 95.4 cm³/mol. The van der Waals surface area contributed by atoms with Crippen LogP contribution in [0.3, 0.4) is 0 Å². The summed E-state index contributed by atoms with van der Waals surface area (Å²) < 4.78 is 5.65. The third kappa shape index (κ3) is 5.30. The van der Waals surface area contributed by atoms with Crippen LogP contribution in [-0.4, -0.2) is 22.7 Å². The lowest BCUT2D eigenvalue weighted by atomic mass is 9.87. The zero-order valence-electron chi connectivity index (χ0n) is 13.7. The van der Waals surface area contributed by atoms with Crippen LogP contribution in [0.25, 0.3) is 0 Å². The first-order chi connectivity index (χ1) is 11.8. The van der Waals surface area contributed by atoms with Crippen LogP contribution in [-0.2, 0) is 11.2 Å². The first kappa shape index (κ1) is 16.9. The molecule has 1 amide bonds. The number of para-hydroxylation sites is 1. The van der Waals surface area contributed by atoms with Gasteiger partial charge in [0, 0.05) is 12.8 Å². The quantitative estimate of drug-likeness (QED) is 0.821. The van der Waals surface area contributed by atoms with E-state index in [1.807, 2.05) is 30.3 Å². The fourth-order valence-corrected chi connectivity index (χ4v) is 3.74. The van der Waals surface area contributed by atoms with Gasteiger partial charge in [-0.3, -0.25) is 4.79 Å². The second-order valence-electron chi connectivity index (χ2n) is 6.17. The normalized spacial score (nSPS) is 15.2. The van der Waals surface area contributed by atoms with Crippen LogP contribution in [0.2, 0.25) is 0 Å². The van der Waals surface area contributed by atoms with E-state index in [2.05, 4.69) is 15.5 Å². The van der Waals surface area contributed by atoms with Crippen LogP contribution >= 0.6 is 11.3 Å². The number of nitrogens with zero attached hydrogens (tertiary/aromatic N) is 2. The summed E-state index contributed by atoms with van der Waals surface area (Å²) in [4.78, 5) is 12.1. The molecule has 0 unspecified atom stereocenters. The van der Waals surface area contributed by atoms with Gasteiger partial charge in [0.25, 0.3) is 0 Å². The van der Waals surface area contributed by atoms with E-state index in [4.69, 9.17) is 4.74 Å². The summed E-state index contributed by atoms with van der Waals surface area (Å²) in [5.41, 5.74) is 0. The van der Waals surface area contributed by atoms with Gasteiger partial charge in [0.15, 0.2) is 0 Å². The molecule has 0 radical (unpaired) electrons. The van der Waals surface area contributed by atoms with E-state index in [1.165, 1.54) is 43.4 Å². The van der Waals surface area contributed by atoms with E-state index in [1.54, 1.807) is 0 Å². The van der Waals surface area contributed by atoms with E-state index >= 15 is 0 Å². The van der Waals surface area contributed by atoms with Crippen LogP contribution in [0.1, 0.15) is 43.5 Å². The topological polar surface area (TPSA) is 64.1 Å². The first-order valence-electron chi connectivity index (χ1n) is 8.59. The standard InChI is InChI=1S/C18H23N3O2S/c22-16(13-14-7-3-1-4-8-14)19-18-21-20-17(24-18)11-12-23-15-9-5-2-6-10-15/h2,5-6,9-10,14H,1,3-4,7-8,11-13H2,(H,19,21,22). The second kappa shape index (κ2) is 8.78. The number of hydrogen-bond acceptors (Lipinski definition) is 5. The van der Waals surface area contributed by atoms with Gasteiger partial charge in [-0.2, -0.15) is 0 Å². The average Bonchev–Trinajstić information content (AvgIpc) is 3.04. The summed E-state index contributed by atoms with van der Waals surface area (Å²) in [5.74, 6) is 1.44. The van der Waals surface area contributed by atoms with Gasteiger partial charge in [0.05, 0.1) is 6.61 Å². The molecular weight excluding hydrogens is 322 g/mol.